The van der Waals surface area contributed by atoms with Crippen LogP contribution in [0.4, 0.5) is 0 Å². The van der Waals surface area contributed by atoms with Gasteiger partial charge in [-0.1, -0.05) is 50.2 Å². The largest absolute Gasteiger partial charge is 0.349 e. The molecule has 2 N–H and O–H groups in total. The SMILES string of the molecule is CC(C)C(NC(=O)Cc1ccccc1)C(=O)NCc1ccccn1. The molecule has 0 spiro atoms. The second kappa shape index (κ2) is 8.82. The van der Waals surface area contributed by atoms with Gasteiger partial charge in [0.05, 0.1) is 18.7 Å². The number of hydrogen-bond acceptors (Lipinski definition) is 3. The summed E-state index contributed by atoms with van der Waals surface area (Å²) in [6, 6.07) is 14.5. The van der Waals surface area contributed by atoms with Crippen LogP contribution in [0.5, 0.6) is 0 Å². The van der Waals surface area contributed by atoms with Crippen molar-refractivity contribution in [3.8, 4) is 0 Å². The minimum absolute atomic E-state index is 0.00606. The van der Waals surface area contributed by atoms with Gasteiger partial charge in [-0.05, 0) is 23.6 Å². The van der Waals surface area contributed by atoms with Crippen LogP contribution in [0.25, 0.3) is 0 Å². The van der Waals surface area contributed by atoms with E-state index in [0.29, 0.717) is 6.54 Å². The van der Waals surface area contributed by atoms with Gasteiger partial charge >= 0.3 is 0 Å². The van der Waals surface area contributed by atoms with Gasteiger partial charge in [0.25, 0.3) is 0 Å². The smallest absolute Gasteiger partial charge is 0.243 e. The fourth-order valence-corrected chi connectivity index (χ4v) is 2.33. The number of benzene rings is 1. The second-order valence-electron chi connectivity index (χ2n) is 5.99. The van der Waals surface area contributed by atoms with Gasteiger partial charge in [-0.3, -0.25) is 14.6 Å². The van der Waals surface area contributed by atoms with E-state index in [1.54, 1.807) is 6.20 Å². The molecule has 24 heavy (non-hydrogen) atoms. The number of amides is 2. The van der Waals surface area contributed by atoms with Gasteiger partial charge in [0.15, 0.2) is 0 Å². The standard InChI is InChI=1S/C19H23N3O2/c1-14(2)18(19(24)21-13-16-10-6-7-11-20-16)22-17(23)12-15-8-4-3-5-9-15/h3-11,14,18H,12-13H2,1-2H3,(H,21,24)(H,22,23). The van der Waals surface area contributed by atoms with Gasteiger partial charge in [0.1, 0.15) is 6.04 Å². The monoisotopic (exact) mass is 325 g/mol. The van der Waals surface area contributed by atoms with Crippen LogP contribution in [0.1, 0.15) is 25.1 Å². The molecule has 0 aliphatic carbocycles. The van der Waals surface area contributed by atoms with Crippen molar-refractivity contribution in [2.45, 2.75) is 32.9 Å². The predicted molar refractivity (Wildman–Crippen MR) is 93.0 cm³/mol. The highest BCUT2D eigenvalue weighted by Gasteiger charge is 2.23. The molecule has 1 heterocycles. The van der Waals surface area contributed by atoms with Crippen LogP contribution in [0.2, 0.25) is 0 Å². The van der Waals surface area contributed by atoms with Crippen molar-refractivity contribution in [2.75, 3.05) is 0 Å². The highest BCUT2D eigenvalue weighted by atomic mass is 16.2. The molecule has 0 saturated carbocycles. The van der Waals surface area contributed by atoms with E-state index >= 15 is 0 Å². The Bertz CT molecular complexity index is 657. The average molecular weight is 325 g/mol. The van der Waals surface area contributed by atoms with Crippen molar-refractivity contribution in [1.82, 2.24) is 15.6 Å². The highest BCUT2D eigenvalue weighted by Crippen LogP contribution is 2.05. The Morgan fingerprint density at radius 3 is 2.38 bits per heavy atom. The van der Waals surface area contributed by atoms with Gasteiger partial charge in [-0.2, -0.15) is 0 Å². The minimum atomic E-state index is -0.565. The Hall–Kier alpha value is -2.69. The molecule has 2 amide bonds. The Morgan fingerprint density at radius 2 is 1.75 bits per heavy atom. The summed E-state index contributed by atoms with van der Waals surface area (Å²) in [6.45, 7) is 4.17. The van der Waals surface area contributed by atoms with Crippen molar-refractivity contribution < 1.29 is 9.59 Å². The van der Waals surface area contributed by atoms with Gasteiger partial charge in [0, 0.05) is 6.20 Å². The van der Waals surface area contributed by atoms with Crippen molar-refractivity contribution >= 4 is 11.8 Å². The topological polar surface area (TPSA) is 71.1 Å². The van der Waals surface area contributed by atoms with Crippen LogP contribution in [0, 0.1) is 5.92 Å². The zero-order chi connectivity index (χ0) is 17.4. The summed E-state index contributed by atoms with van der Waals surface area (Å²) < 4.78 is 0. The molecule has 5 nitrogen and oxygen atoms in total. The Kier molecular flexibility index (Phi) is 6.49. The molecule has 0 aliphatic rings. The molecule has 5 heteroatoms. The summed E-state index contributed by atoms with van der Waals surface area (Å²) in [4.78, 5) is 28.8. The molecule has 0 radical (unpaired) electrons. The van der Waals surface area contributed by atoms with E-state index in [-0.39, 0.29) is 24.2 Å². The highest BCUT2D eigenvalue weighted by molar-refractivity contribution is 5.88. The maximum atomic E-state index is 12.4. The maximum Gasteiger partial charge on any atom is 0.243 e. The summed E-state index contributed by atoms with van der Waals surface area (Å²) >= 11 is 0. The summed E-state index contributed by atoms with van der Waals surface area (Å²) in [5.41, 5.74) is 1.70. The van der Waals surface area contributed by atoms with E-state index < -0.39 is 6.04 Å². The zero-order valence-electron chi connectivity index (χ0n) is 14.0. The molecular formula is C19H23N3O2. The van der Waals surface area contributed by atoms with E-state index in [1.807, 2.05) is 62.4 Å². The van der Waals surface area contributed by atoms with Crippen LogP contribution in [-0.2, 0) is 22.6 Å². The van der Waals surface area contributed by atoms with Crippen molar-refractivity contribution in [2.24, 2.45) is 5.92 Å². The van der Waals surface area contributed by atoms with Gasteiger partial charge in [0.2, 0.25) is 11.8 Å². The number of hydrogen-bond donors (Lipinski definition) is 2. The first-order chi connectivity index (χ1) is 11.6. The van der Waals surface area contributed by atoms with E-state index in [1.165, 1.54) is 0 Å². The Labute approximate surface area is 142 Å². The molecule has 2 rings (SSSR count). The van der Waals surface area contributed by atoms with Crippen LogP contribution < -0.4 is 10.6 Å². The quantitative estimate of drug-likeness (QED) is 0.819. The summed E-state index contributed by atoms with van der Waals surface area (Å²) in [5.74, 6) is -0.363. The average Bonchev–Trinajstić information content (AvgIpc) is 2.59. The Balaban J connectivity index is 1.90. The molecule has 1 aromatic carbocycles. The summed E-state index contributed by atoms with van der Waals surface area (Å²) in [6.07, 6.45) is 1.95. The molecule has 0 fully saturated rings. The fourth-order valence-electron chi connectivity index (χ4n) is 2.33. The minimum Gasteiger partial charge on any atom is -0.349 e. The van der Waals surface area contributed by atoms with E-state index in [9.17, 15) is 9.59 Å². The number of aromatic nitrogens is 1. The first-order valence-electron chi connectivity index (χ1n) is 8.07. The molecule has 1 atom stereocenters. The number of pyridine rings is 1. The van der Waals surface area contributed by atoms with E-state index in [4.69, 9.17) is 0 Å². The molecule has 2 aromatic rings. The van der Waals surface area contributed by atoms with E-state index in [2.05, 4.69) is 15.6 Å². The summed E-state index contributed by atoms with van der Waals surface area (Å²) in [5, 5.41) is 5.66. The molecular weight excluding hydrogens is 302 g/mol. The third-order valence-electron chi connectivity index (χ3n) is 3.64. The number of carbonyl (C=O) groups is 2. The third-order valence-corrected chi connectivity index (χ3v) is 3.64. The lowest BCUT2D eigenvalue weighted by Gasteiger charge is -2.21. The van der Waals surface area contributed by atoms with Crippen LogP contribution >= 0.6 is 0 Å². The summed E-state index contributed by atoms with van der Waals surface area (Å²) in [7, 11) is 0. The lowest BCUT2D eigenvalue weighted by molar-refractivity contribution is -0.129. The van der Waals surface area contributed by atoms with E-state index in [0.717, 1.165) is 11.3 Å². The molecule has 0 saturated heterocycles. The molecule has 1 aromatic heterocycles. The normalized spacial score (nSPS) is 11.8. The van der Waals surface area contributed by atoms with Gasteiger partial charge < -0.3 is 10.6 Å². The fraction of sp³-hybridized carbons (Fsp3) is 0.316. The Morgan fingerprint density at radius 1 is 1.04 bits per heavy atom. The van der Waals surface area contributed by atoms with Crippen LogP contribution in [0.15, 0.2) is 54.7 Å². The van der Waals surface area contributed by atoms with Crippen LogP contribution in [0.3, 0.4) is 0 Å². The number of carbonyl (C=O) groups excluding carboxylic acids is 2. The van der Waals surface area contributed by atoms with Crippen LogP contribution in [-0.4, -0.2) is 22.8 Å². The van der Waals surface area contributed by atoms with Crippen molar-refractivity contribution in [3.63, 3.8) is 0 Å². The first-order valence-corrected chi connectivity index (χ1v) is 8.07. The molecule has 0 aliphatic heterocycles. The van der Waals surface area contributed by atoms with Crippen molar-refractivity contribution in [3.05, 3.63) is 66.0 Å². The van der Waals surface area contributed by atoms with Gasteiger partial charge in [-0.25, -0.2) is 0 Å². The van der Waals surface area contributed by atoms with Gasteiger partial charge in [-0.15, -0.1) is 0 Å². The third kappa shape index (κ3) is 5.50. The maximum absolute atomic E-state index is 12.4. The number of nitrogens with zero attached hydrogens (tertiary/aromatic N) is 1. The predicted octanol–water partition coefficient (Wildman–Crippen LogP) is 2.08. The van der Waals surface area contributed by atoms with Crippen molar-refractivity contribution in [1.29, 1.82) is 0 Å². The molecule has 1 unspecified atom stereocenters. The molecule has 126 valence electrons. The lowest BCUT2D eigenvalue weighted by atomic mass is 10.0. The lowest BCUT2D eigenvalue weighted by Crippen LogP contribution is -2.49. The second-order valence-corrected chi connectivity index (χ2v) is 5.99. The molecule has 0 bridgehead atoms. The first kappa shape index (κ1) is 17.7. The zero-order valence-corrected chi connectivity index (χ0v) is 14.0. The number of nitrogens with one attached hydrogen (secondary N) is 2. The number of rotatable bonds is 7.